The summed E-state index contributed by atoms with van der Waals surface area (Å²) in [5.41, 5.74) is 0.500. The van der Waals surface area contributed by atoms with Gasteiger partial charge < -0.3 is 15.2 Å². The summed E-state index contributed by atoms with van der Waals surface area (Å²) >= 11 is 0. The van der Waals surface area contributed by atoms with Crippen LogP contribution in [-0.2, 0) is 13.0 Å². The van der Waals surface area contributed by atoms with Crippen molar-refractivity contribution in [3.63, 3.8) is 0 Å². The highest BCUT2D eigenvalue weighted by molar-refractivity contribution is 14.0. The zero-order valence-electron chi connectivity index (χ0n) is 14.8. The molecule has 0 atom stereocenters. The normalized spacial score (nSPS) is 18.3. The van der Waals surface area contributed by atoms with E-state index in [9.17, 15) is 0 Å². The smallest absolute Gasteiger partial charge is 0.191 e. The van der Waals surface area contributed by atoms with Gasteiger partial charge in [0.05, 0.1) is 0 Å². The molecule has 1 aromatic heterocycles. The van der Waals surface area contributed by atoms with Crippen molar-refractivity contribution in [1.29, 1.82) is 0 Å². The summed E-state index contributed by atoms with van der Waals surface area (Å²) in [6, 6.07) is 0.542. The van der Waals surface area contributed by atoms with Gasteiger partial charge in [0.2, 0.25) is 0 Å². The number of nitrogens with one attached hydrogen (secondary N) is 2. The monoisotopic (exact) mass is 434 g/mol. The molecular formula is C16H31IN6. The molecule has 1 aliphatic carbocycles. The summed E-state index contributed by atoms with van der Waals surface area (Å²) in [5, 5.41) is 15.0. The van der Waals surface area contributed by atoms with Crippen LogP contribution in [0.15, 0.2) is 11.3 Å². The Bertz CT molecular complexity index is 487. The number of aryl methyl sites for hydroxylation is 1. The molecular weight excluding hydrogens is 403 g/mol. The molecule has 0 saturated heterocycles. The van der Waals surface area contributed by atoms with E-state index in [4.69, 9.17) is 0 Å². The maximum absolute atomic E-state index is 4.33. The van der Waals surface area contributed by atoms with E-state index in [1.54, 1.807) is 6.33 Å². The fraction of sp³-hybridized carbons (Fsp3) is 0.812. The molecule has 2 rings (SSSR count). The van der Waals surface area contributed by atoms with Crippen molar-refractivity contribution in [2.75, 3.05) is 13.6 Å². The number of nitrogens with zero attached hydrogens (tertiary/aromatic N) is 4. The third-order valence-corrected chi connectivity index (χ3v) is 4.56. The molecule has 6 nitrogen and oxygen atoms in total. The number of aliphatic imine (C=N–C) groups is 1. The summed E-state index contributed by atoms with van der Waals surface area (Å²) in [6.07, 6.45) is 7.70. The molecule has 23 heavy (non-hydrogen) atoms. The topological polar surface area (TPSA) is 67.1 Å². The average Bonchev–Trinajstić information content (AvgIpc) is 2.95. The molecule has 2 N–H and O–H groups in total. The number of guanidine groups is 1. The summed E-state index contributed by atoms with van der Waals surface area (Å²) in [7, 11) is 1.83. The lowest BCUT2D eigenvalue weighted by atomic mass is 9.75. The van der Waals surface area contributed by atoms with Crippen LogP contribution < -0.4 is 10.6 Å². The fourth-order valence-corrected chi connectivity index (χ4v) is 2.97. The Hall–Kier alpha value is -0.860. The Morgan fingerprint density at radius 3 is 2.70 bits per heavy atom. The van der Waals surface area contributed by atoms with E-state index in [2.05, 4.69) is 51.2 Å². The Labute approximate surface area is 157 Å². The zero-order chi connectivity index (χ0) is 16.0. The number of hydrogen-bond acceptors (Lipinski definition) is 3. The molecule has 0 spiro atoms. The molecule has 0 bridgehead atoms. The minimum Gasteiger partial charge on any atom is -0.355 e. The van der Waals surface area contributed by atoms with Crippen molar-refractivity contribution in [2.45, 2.75) is 65.5 Å². The van der Waals surface area contributed by atoms with Crippen LogP contribution >= 0.6 is 24.0 Å². The Kier molecular flexibility index (Phi) is 8.28. The minimum absolute atomic E-state index is 0. The van der Waals surface area contributed by atoms with Gasteiger partial charge in [-0.3, -0.25) is 4.99 Å². The summed E-state index contributed by atoms with van der Waals surface area (Å²) in [6.45, 7) is 8.50. The Morgan fingerprint density at radius 2 is 2.09 bits per heavy atom. The van der Waals surface area contributed by atoms with Gasteiger partial charge in [-0.2, -0.15) is 0 Å². The van der Waals surface area contributed by atoms with Gasteiger partial charge in [-0.15, -0.1) is 34.2 Å². The van der Waals surface area contributed by atoms with Crippen LogP contribution in [0.3, 0.4) is 0 Å². The number of rotatable bonds is 5. The summed E-state index contributed by atoms with van der Waals surface area (Å²) < 4.78 is 2.09. The largest absolute Gasteiger partial charge is 0.355 e. The van der Waals surface area contributed by atoms with Gasteiger partial charge in [0.25, 0.3) is 0 Å². The highest BCUT2D eigenvalue weighted by Gasteiger charge is 2.27. The van der Waals surface area contributed by atoms with Gasteiger partial charge in [0.15, 0.2) is 5.96 Å². The molecule has 0 aromatic carbocycles. The highest BCUT2D eigenvalue weighted by atomic mass is 127. The molecule has 0 unspecified atom stereocenters. The van der Waals surface area contributed by atoms with Crippen LogP contribution in [0.5, 0.6) is 0 Å². The number of aromatic nitrogens is 3. The molecule has 7 heteroatoms. The fourth-order valence-electron chi connectivity index (χ4n) is 2.97. The first-order chi connectivity index (χ1) is 10.5. The van der Waals surface area contributed by atoms with Crippen molar-refractivity contribution >= 4 is 29.9 Å². The molecule has 1 aliphatic rings. The SMILES string of the molecule is CCc1nncn1CCNC(=NC)NC1CCC(C)(C)CC1.I. The average molecular weight is 434 g/mol. The summed E-state index contributed by atoms with van der Waals surface area (Å²) in [4.78, 5) is 4.33. The van der Waals surface area contributed by atoms with Crippen LogP contribution in [0.2, 0.25) is 0 Å². The molecule has 1 fully saturated rings. The standard InChI is InChI=1S/C16H30N6.HI/c1-5-14-21-19-12-22(14)11-10-18-15(17-4)20-13-6-8-16(2,3)9-7-13;/h12-13H,5-11H2,1-4H3,(H2,17,18,20);1H. The van der Waals surface area contributed by atoms with Crippen molar-refractivity contribution in [3.8, 4) is 0 Å². The molecule has 0 radical (unpaired) electrons. The van der Waals surface area contributed by atoms with E-state index in [1.165, 1.54) is 25.7 Å². The van der Waals surface area contributed by atoms with Crippen LogP contribution in [0, 0.1) is 5.41 Å². The first kappa shape index (κ1) is 20.2. The first-order valence-corrected chi connectivity index (χ1v) is 8.38. The molecule has 1 heterocycles. The minimum atomic E-state index is 0. The van der Waals surface area contributed by atoms with E-state index in [0.29, 0.717) is 11.5 Å². The van der Waals surface area contributed by atoms with Gasteiger partial charge in [-0.1, -0.05) is 20.8 Å². The molecule has 1 aromatic rings. The van der Waals surface area contributed by atoms with E-state index >= 15 is 0 Å². The predicted molar refractivity (Wildman–Crippen MR) is 105 cm³/mol. The lowest BCUT2D eigenvalue weighted by molar-refractivity contribution is 0.216. The molecule has 132 valence electrons. The van der Waals surface area contributed by atoms with Gasteiger partial charge in [-0.05, 0) is 31.1 Å². The van der Waals surface area contributed by atoms with Crippen molar-refractivity contribution in [1.82, 2.24) is 25.4 Å². The third-order valence-electron chi connectivity index (χ3n) is 4.56. The second-order valence-corrected chi connectivity index (χ2v) is 6.88. The Morgan fingerprint density at radius 1 is 1.39 bits per heavy atom. The van der Waals surface area contributed by atoms with Gasteiger partial charge >= 0.3 is 0 Å². The van der Waals surface area contributed by atoms with Crippen LogP contribution in [0.25, 0.3) is 0 Å². The molecule has 1 saturated carbocycles. The van der Waals surface area contributed by atoms with Gasteiger partial charge in [-0.25, -0.2) is 0 Å². The van der Waals surface area contributed by atoms with E-state index < -0.39 is 0 Å². The number of hydrogen-bond donors (Lipinski definition) is 2. The predicted octanol–water partition coefficient (Wildman–Crippen LogP) is 2.59. The second kappa shape index (κ2) is 9.44. The molecule has 0 aliphatic heterocycles. The van der Waals surface area contributed by atoms with Crippen molar-refractivity contribution in [2.24, 2.45) is 10.4 Å². The van der Waals surface area contributed by atoms with E-state index in [1.807, 2.05) is 7.05 Å². The van der Waals surface area contributed by atoms with Crippen LogP contribution in [-0.4, -0.2) is 40.4 Å². The van der Waals surface area contributed by atoms with E-state index in [-0.39, 0.29) is 24.0 Å². The summed E-state index contributed by atoms with van der Waals surface area (Å²) in [5.74, 6) is 1.93. The molecule has 0 amide bonds. The van der Waals surface area contributed by atoms with Gasteiger partial charge in [0, 0.05) is 32.6 Å². The third kappa shape index (κ3) is 6.27. The van der Waals surface area contributed by atoms with E-state index in [0.717, 1.165) is 31.3 Å². The first-order valence-electron chi connectivity index (χ1n) is 8.38. The quantitative estimate of drug-likeness (QED) is 0.425. The Balaban J connectivity index is 0.00000264. The number of halogens is 1. The highest BCUT2D eigenvalue weighted by Crippen LogP contribution is 2.34. The van der Waals surface area contributed by atoms with Crippen molar-refractivity contribution in [3.05, 3.63) is 12.2 Å². The zero-order valence-corrected chi connectivity index (χ0v) is 17.1. The maximum atomic E-state index is 4.33. The van der Waals surface area contributed by atoms with Crippen LogP contribution in [0.4, 0.5) is 0 Å². The second-order valence-electron chi connectivity index (χ2n) is 6.88. The maximum Gasteiger partial charge on any atom is 0.191 e. The lowest BCUT2D eigenvalue weighted by Gasteiger charge is -2.35. The lowest BCUT2D eigenvalue weighted by Crippen LogP contribution is -2.46. The van der Waals surface area contributed by atoms with Crippen molar-refractivity contribution < 1.29 is 0 Å². The van der Waals surface area contributed by atoms with Gasteiger partial charge in [0.1, 0.15) is 12.2 Å². The van der Waals surface area contributed by atoms with Crippen LogP contribution in [0.1, 0.15) is 52.3 Å².